The van der Waals surface area contributed by atoms with Crippen molar-refractivity contribution in [1.82, 2.24) is 4.48 Å². The Morgan fingerprint density at radius 3 is 1.82 bits per heavy atom. The smallest absolute Gasteiger partial charge is 0.132 e. The molecule has 3 heteroatoms. The maximum absolute atomic E-state index is 10.7. The van der Waals surface area contributed by atoms with Gasteiger partial charge in [-0.05, 0) is 48.2 Å². The number of hydrogen-bond donors (Lipinski definition) is 1. The van der Waals surface area contributed by atoms with Gasteiger partial charge in [0.05, 0.1) is 20.6 Å². The topological polar surface area (TPSA) is 23.5 Å². The zero-order valence-corrected chi connectivity index (χ0v) is 18.5. The van der Waals surface area contributed by atoms with Crippen molar-refractivity contribution >= 4 is 11.4 Å². The second-order valence-electron chi connectivity index (χ2n) is 8.66. The number of anilines is 1. The zero-order chi connectivity index (χ0) is 20.6. The minimum absolute atomic E-state index is 0.584. The lowest BCUT2D eigenvalue weighted by Gasteiger charge is -2.29. The summed E-state index contributed by atoms with van der Waals surface area (Å²) in [5.74, 6) is 0. The molecule has 2 aromatic carbocycles. The van der Waals surface area contributed by atoms with Crippen molar-refractivity contribution < 1.29 is 5.11 Å². The van der Waals surface area contributed by atoms with Crippen molar-refractivity contribution in [3.63, 3.8) is 0 Å². The van der Waals surface area contributed by atoms with Crippen molar-refractivity contribution in [2.75, 3.05) is 39.6 Å². The third-order valence-electron chi connectivity index (χ3n) is 5.70. The summed E-state index contributed by atoms with van der Waals surface area (Å²) in [4.78, 5) is 2.06. The van der Waals surface area contributed by atoms with Crippen LogP contribution in [0.2, 0.25) is 0 Å². The van der Waals surface area contributed by atoms with E-state index in [9.17, 15) is 5.11 Å². The van der Waals surface area contributed by atoms with Crippen LogP contribution in [-0.2, 0) is 0 Å². The number of unbranched alkanes of at least 4 members (excludes halogenated alkanes) is 5. The van der Waals surface area contributed by atoms with Gasteiger partial charge < -0.3 is 10.0 Å². The quantitative estimate of drug-likeness (QED) is 0.394. The lowest BCUT2D eigenvalue weighted by molar-refractivity contribution is 0.220. The van der Waals surface area contributed by atoms with Gasteiger partial charge in [-0.15, -0.1) is 0 Å². The second-order valence-corrected chi connectivity index (χ2v) is 8.66. The Labute approximate surface area is 172 Å². The van der Waals surface area contributed by atoms with Crippen molar-refractivity contribution in [2.24, 2.45) is 0 Å². The molecule has 0 saturated carbocycles. The largest absolute Gasteiger partial charge is 0.384 e. The first-order valence-electron chi connectivity index (χ1n) is 10.7. The van der Waals surface area contributed by atoms with E-state index in [0.717, 1.165) is 27.8 Å². The first kappa shape index (κ1) is 22.4. The van der Waals surface area contributed by atoms with Crippen LogP contribution in [-0.4, -0.2) is 39.8 Å². The van der Waals surface area contributed by atoms with Crippen LogP contribution in [0.25, 0.3) is 0 Å². The molecular weight excluding hydrogens is 344 g/mol. The summed E-state index contributed by atoms with van der Waals surface area (Å²) in [5.41, 5.74) is 4.31. The summed E-state index contributed by atoms with van der Waals surface area (Å²) in [6.07, 6.45) is 7.39. The molecule has 1 unspecified atom stereocenters. The highest BCUT2D eigenvalue weighted by Gasteiger charge is 2.19. The van der Waals surface area contributed by atoms with Gasteiger partial charge in [0.15, 0.2) is 0 Å². The lowest BCUT2D eigenvalue weighted by Crippen LogP contribution is -2.41. The lowest BCUT2D eigenvalue weighted by atomic mass is 10.0. The number of rotatable bonds is 11. The highest BCUT2D eigenvalue weighted by Crippen LogP contribution is 2.27. The molecule has 1 atom stereocenters. The molecule has 0 fully saturated rings. The van der Waals surface area contributed by atoms with Crippen molar-refractivity contribution in [2.45, 2.75) is 51.6 Å². The normalized spacial score (nSPS) is 12.8. The van der Waals surface area contributed by atoms with E-state index < -0.39 is 6.10 Å². The SMILES string of the molecule is CCCCCCCC[N+](C)(C)c1ccc(C(O)c2ccc(N(C)C)cc2)cc1. The van der Waals surface area contributed by atoms with Crippen LogP contribution in [0.3, 0.4) is 0 Å². The number of benzene rings is 2. The van der Waals surface area contributed by atoms with Crippen LogP contribution in [0.15, 0.2) is 48.5 Å². The fourth-order valence-corrected chi connectivity index (χ4v) is 3.62. The van der Waals surface area contributed by atoms with Crippen LogP contribution in [0.1, 0.15) is 62.7 Å². The summed E-state index contributed by atoms with van der Waals surface area (Å²) in [7, 11) is 8.60. The minimum Gasteiger partial charge on any atom is -0.384 e. The van der Waals surface area contributed by atoms with E-state index in [1.54, 1.807) is 0 Å². The summed E-state index contributed by atoms with van der Waals surface area (Å²) in [5, 5.41) is 10.7. The molecule has 0 aliphatic heterocycles. The first-order valence-corrected chi connectivity index (χ1v) is 10.7. The monoisotopic (exact) mass is 383 g/mol. The molecule has 0 amide bonds. The molecule has 2 aromatic rings. The number of hydrogen-bond acceptors (Lipinski definition) is 2. The maximum atomic E-state index is 10.7. The first-order chi connectivity index (χ1) is 13.3. The van der Waals surface area contributed by atoms with E-state index in [2.05, 4.69) is 50.2 Å². The number of quaternary nitrogens is 1. The fraction of sp³-hybridized carbons (Fsp3) is 0.520. The summed E-state index contributed by atoms with van der Waals surface area (Å²) in [6.45, 7) is 3.42. The highest BCUT2D eigenvalue weighted by atomic mass is 16.3. The molecule has 2 rings (SSSR count). The van der Waals surface area contributed by atoms with Gasteiger partial charge in [0.1, 0.15) is 11.8 Å². The van der Waals surface area contributed by atoms with Crippen LogP contribution in [0, 0.1) is 0 Å². The molecule has 3 nitrogen and oxygen atoms in total. The van der Waals surface area contributed by atoms with E-state index in [-0.39, 0.29) is 0 Å². The van der Waals surface area contributed by atoms with Crippen LogP contribution >= 0.6 is 0 Å². The Bertz CT molecular complexity index is 689. The molecule has 0 aliphatic carbocycles. The minimum atomic E-state index is -0.584. The summed E-state index contributed by atoms with van der Waals surface area (Å²) >= 11 is 0. The van der Waals surface area contributed by atoms with Crippen LogP contribution in [0.4, 0.5) is 11.4 Å². The molecule has 0 spiro atoms. The van der Waals surface area contributed by atoms with Crippen LogP contribution < -0.4 is 9.38 Å². The van der Waals surface area contributed by atoms with E-state index in [4.69, 9.17) is 0 Å². The van der Waals surface area contributed by atoms with E-state index in [0.29, 0.717) is 0 Å². The van der Waals surface area contributed by atoms with Gasteiger partial charge in [0, 0.05) is 19.8 Å². The van der Waals surface area contributed by atoms with Crippen molar-refractivity contribution in [1.29, 1.82) is 0 Å². The van der Waals surface area contributed by atoms with E-state index >= 15 is 0 Å². The van der Waals surface area contributed by atoms with Crippen molar-refractivity contribution in [3.05, 3.63) is 59.7 Å². The summed E-state index contributed by atoms with van der Waals surface area (Å²) < 4.78 is 0.891. The Morgan fingerprint density at radius 1 is 0.786 bits per heavy atom. The van der Waals surface area contributed by atoms with Gasteiger partial charge in [-0.3, -0.25) is 4.48 Å². The Balaban J connectivity index is 1.95. The number of aliphatic hydroxyl groups is 1. The third kappa shape index (κ3) is 6.35. The molecule has 0 radical (unpaired) electrons. The van der Waals surface area contributed by atoms with Crippen LogP contribution in [0.5, 0.6) is 0 Å². The molecule has 0 bridgehead atoms. The molecule has 0 saturated heterocycles. The number of aliphatic hydroxyl groups excluding tert-OH is 1. The average molecular weight is 384 g/mol. The van der Waals surface area contributed by atoms with E-state index in [1.807, 2.05) is 38.4 Å². The van der Waals surface area contributed by atoms with E-state index in [1.165, 1.54) is 44.2 Å². The molecule has 154 valence electrons. The zero-order valence-electron chi connectivity index (χ0n) is 18.5. The van der Waals surface area contributed by atoms with Crippen molar-refractivity contribution in [3.8, 4) is 0 Å². The second kappa shape index (κ2) is 10.6. The van der Waals surface area contributed by atoms with Gasteiger partial charge in [-0.1, -0.05) is 56.9 Å². The predicted molar refractivity (Wildman–Crippen MR) is 123 cm³/mol. The summed E-state index contributed by atoms with van der Waals surface area (Å²) in [6, 6.07) is 16.6. The third-order valence-corrected chi connectivity index (χ3v) is 5.70. The van der Waals surface area contributed by atoms with Gasteiger partial charge in [0.25, 0.3) is 0 Å². The number of nitrogens with zero attached hydrogens (tertiary/aromatic N) is 2. The Morgan fingerprint density at radius 2 is 1.29 bits per heavy atom. The molecule has 1 N–H and O–H groups in total. The predicted octanol–water partition coefficient (Wildman–Crippen LogP) is 5.76. The Hall–Kier alpha value is -1.84. The standard InChI is InChI=1S/C25H39N2O/c1-6-7-8-9-10-11-20-27(4,5)24-18-14-22(15-19-24)25(28)21-12-16-23(17-13-21)26(2)3/h12-19,25,28H,6-11,20H2,1-5H3/q+1. The molecular formula is C25H39N2O+. The Kier molecular flexibility index (Phi) is 8.53. The molecule has 0 aliphatic rings. The molecule has 0 aromatic heterocycles. The molecule has 0 heterocycles. The van der Waals surface area contributed by atoms with Gasteiger partial charge >= 0.3 is 0 Å². The fourth-order valence-electron chi connectivity index (χ4n) is 3.62. The van der Waals surface area contributed by atoms with Gasteiger partial charge in [-0.2, -0.15) is 0 Å². The van der Waals surface area contributed by atoms with Gasteiger partial charge in [0.2, 0.25) is 0 Å². The van der Waals surface area contributed by atoms with Gasteiger partial charge in [-0.25, -0.2) is 0 Å². The maximum Gasteiger partial charge on any atom is 0.132 e. The average Bonchev–Trinajstić information content (AvgIpc) is 2.70. The molecule has 28 heavy (non-hydrogen) atoms. The highest BCUT2D eigenvalue weighted by molar-refractivity contribution is 5.49.